The maximum absolute atomic E-state index is 13.8. The second-order valence-corrected chi connectivity index (χ2v) is 11.9. The van der Waals surface area contributed by atoms with Gasteiger partial charge in [0.25, 0.3) is 5.91 Å². The molecule has 46 heavy (non-hydrogen) atoms. The Kier molecular flexibility index (Phi) is 10.2. The van der Waals surface area contributed by atoms with Crippen molar-refractivity contribution in [1.82, 2.24) is 15.0 Å². The maximum Gasteiger partial charge on any atom is 0.323 e. The summed E-state index contributed by atoms with van der Waals surface area (Å²) in [5, 5.41) is 19.4. The van der Waals surface area contributed by atoms with E-state index in [0.717, 1.165) is 17.1 Å². The van der Waals surface area contributed by atoms with E-state index in [2.05, 4.69) is 27.6 Å². The number of urea groups is 1. The second-order valence-electron chi connectivity index (χ2n) is 11.9. The monoisotopic (exact) mass is 627 g/mol. The average Bonchev–Trinajstić information content (AvgIpc) is 3.36. The van der Waals surface area contributed by atoms with Crippen LogP contribution in [0.5, 0.6) is 17.2 Å². The fourth-order valence-corrected chi connectivity index (χ4v) is 5.43. The maximum atomic E-state index is 13.8. The molecule has 0 unspecified atom stereocenters. The minimum Gasteiger partial charge on any atom is -0.488 e. The molecule has 1 aromatic heterocycles. The van der Waals surface area contributed by atoms with Crippen LogP contribution in [0.2, 0.25) is 0 Å². The molecule has 2 heterocycles. The zero-order chi connectivity index (χ0) is 32.8. The largest absolute Gasteiger partial charge is 0.488 e. The molecule has 11 heteroatoms. The van der Waals surface area contributed by atoms with Crippen LogP contribution < -0.4 is 20.1 Å². The third-order valence-electron chi connectivity index (χ3n) is 8.04. The van der Waals surface area contributed by atoms with Crippen molar-refractivity contribution in [2.75, 3.05) is 37.4 Å². The molecule has 3 aromatic carbocycles. The zero-order valence-corrected chi connectivity index (χ0v) is 26.8. The molecule has 0 fully saturated rings. The molecule has 0 saturated heterocycles. The van der Waals surface area contributed by atoms with Crippen LogP contribution in [0.3, 0.4) is 0 Å². The summed E-state index contributed by atoms with van der Waals surface area (Å²) in [6, 6.07) is 21.8. The molecule has 1 aliphatic heterocycles. The Hall–Kier alpha value is -4.87. The van der Waals surface area contributed by atoms with Crippen LogP contribution in [-0.2, 0) is 6.54 Å². The smallest absolute Gasteiger partial charge is 0.323 e. The lowest BCUT2D eigenvalue weighted by Gasteiger charge is -2.38. The number of fused-ring (bicyclic) bond motifs is 1. The number of aryl methyl sites for hydroxylation is 2. The summed E-state index contributed by atoms with van der Waals surface area (Å²) in [5.41, 5.74) is 2.89. The van der Waals surface area contributed by atoms with Crippen molar-refractivity contribution in [2.45, 2.75) is 46.4 Å². The molecule has 3 atom stereocenters. The zero-order valence-electron chi connectivity index (χ0n) is 26.8. The quantitative estimate of drug-likeness (QED) is 0.193. The van der Waals surface area contributed by atoms with E-state index in [1.54, 1.807) is 36.9 Å². The molecule has 4 aromatic rings. The van der Waals surface area contributed by atoms with E-state index in [4.69, 9.17) is 14.0 Å². The standard InChI is InChI=1S/C35H41N5O6/c1-22-18-40(23(2)21-41)34(42)30-17-27(36-35(43)37-33-24(3)38-46-25(33)4)13-16-31(30)45-32(22)20-39(5)19-26-11-14-29(15-12-26)44-28-9-7-6-8-10-28/h6-17,22-23,32,41H,18-21H2,1-5H3,(H2,36,37,43)/t22-,23-,32+/m0/s1. The third kappa shape index (κ3) is 7.85. The minimum absolute atomic E-state index is 0.0335. The lowest BCUT2D eigenvalue weighted by atomic mass is 9.99. The molecular weight excluding hydrogens is 586 g/mol. The van der Waals surface area contributed by atoms with Crippen LogP contribution in [0.15, 0.2) is 77.3 Å². The number of likely N-dealkylation sites (N-methyl/N-ethyl adjacent to an activating group) is 1. The van der Waals surface area contributed by atoms with Crippen molar-refractivity contribution in [3.63, 3.8) is 0 Å². The number of hydrogen-bond donors (Lipinski definition) is 3. The number of hydrogen-bond acceptors (Lipinski definition) is 8. The first-order valence-corrected chi connectivity index (χ1v) is 15.3. The van der Waals surface area contributed by atoms with Gasteiger partial charge in [-0.1, -0.05) is 42.4 Å². The van der Waals surface area contributed by atoms with Crippen LogP contribution in [0, 0.1) is 19.8 Å². The van der Waals surface area contributed by atoms with Crippen molar-refractivity contribution in [1.29, 1.82) is 0 Å². The normalized spacial score (nSPS) is 17.0. The Morgan fingerprint density at radius 1 is 1.09 bits per heavy atom. The molecule has 5 rings (SSSR count). The SMILES string of the molecule is Cc1noc(C)c1NC(=O)Nc1ccc2c(c1)C(=O)N([C@@H](C)CO)C[C@H](C)[C@@H](CN(C)Cc1ccc(Oc3ccccc3)cc1)O2. The Bertz CT molecular complexity index is 1620. The van der Waals surface area contributed by atoms with Crippen LogP contribution in [0.25, 0.3) is 0 Å². The van der Waals surface area contributed by atoms with E-state index in [0.29, 0.717) is 53.8 Å². The minimum atomic E-state index is -0.498. The van der Waals surface area contributed by atoms with Gasteiger partial charge in [-0.3, -0.25) is 9.69 Å². The molecular formula is C35H41N5O6. The highest BCUT2D eigenvalue weighted by Crippen LogP contribution is 2.31. The molecule has 0 radical (unpaired) electrons. The van der Waals surface area contributed by atoms with E-state index in [-0.39, 0.29) is 24.5 Å². The summed E-state index contributed by atoms with van der Waals surface area (Å²) in [4.78, 5) is 30.4. The Balaban J connectivity index is 1.30. The molecule has 0 spiro atoms. The van der Waals surface area contributed by atoms with Gasteiger partial charge >= 0.3 is 6.03 Å². The summed E-state index contributed by atoms with van der Waals surface area (Å²) in [5.74, 6) is 2.15. The van der Waals surface area contributed by atoms with Gasteiger partial charge in [0.2, 0.25) is 0 Å². The van der Waals surface area contributed by atoms with Crippen LogP contribution in [0.4, 0.5) is 16.2 Å². The lowest BCUT2D eigenvalue weighted by molar-refractivity contribution is 0.0341. The molecule has 1 aliphatic rings. The fraction of sp³-hybridized carbons (Fsp3) is 0.343. The van der Waals surface area contributed by atoms with Gasteiger partial charge in [-0.15, -0.1) is 0 Å². The number of ether oxygens (including phenoxy) is 2. The van der Waals surface area contributed by atoms with Crippen molar-refractivity contribution < 1.29 is 28.7 Å². The van der Waals surface area contributed by atoms with Crippen molar-refractivity contribution in [3.05, 3.63) is 95.4 Å². The summed E-state index contributed by atoms with van der Waals surface area (Å²) >= 11 is 0. The van der Waals surface area contributed by atoms with E-state index in [1.165, 1.54) is 0 Å². The number of para-hydroxylation sites is 1. The molecule has 0 bridgehead atoms. The highest BCUT2D eigenvalue weighted by atomic mass is 16.5. The van der Waals surface area contributed by atoms with Crippen molar-refractivity contribution in [2.24, 2.45) is 5.92 Å². The van der Waals surface area contributed by atoms with Gasteiger partial charge in [-0.05, 0) is 75.8 Å². The van der Waals surface area contributed by atoms with E-state index in [1.807, 2.05) is 68.6 Å². The number of carbonyl (C=O) groups excluding carboxylic acids is 2. The Morgan fingerprint density at radius 3 is 2.48 bits per heavy atom. The summed E-state index contributed by atoms with van der Waals surface area (Å²) < 4.78 is 17.6. The molecule has 0 aliphatic carbocycles. The summed E-state index contributed by atoms with van der Waals surface area (Å²) in [7, 11) is 2.04. The Labute approximate surface area is 269 Å². The number of amides is 3. The molecule has 3 N–H and O–H groups in total. The number of nitrogens with zero attached hydrogens (tertiary/aromatic N) is 3. The van der Waals surface area contributed by atoms with E-state index < -0.39 is 12.1 Å². The predicted molar refractivity (Wildman–Crippen MR) is 176 cm³/mol. The lowest BCUT2D eigenvalue weighted by Crippen LogP contribution is -2.49. The predicted octanol–water partition coefficient (Wildman–Crippen LogP) is 6.08. The third-order valence-corrected chi connectivity index (χ3v) is 8.04. The van der Waals surface area contributed by atoms with Crippen LogP contribution >= 0.6 is 0 Å². The number of nitrogens with one attached hydrogen (secondary N) is 2. The summed E-state index contributed by atoms with van der Waals surface area (Å²) in [6.45, 7) is 8.81. The number of aliphatic hydroxyl groups excluding tert-OH is 1. The number of aromatic nitrogens is 1. The fourth-order valence-electron chi connectivity index (χ4n) is 5.43. The number of anilines is 2. The first-order valence-electron chi connectivity index (χ1n) is 15.3. The topological polar surface area (TPSA) is 129 Å². The van der Waals surface area contributed by atoms with E-state index in [9.17, 15) is 14.7 Å². The highest BCUT2D eigenvalue weighted by molar-refractivity contribution is 6.03. The number of benzene rings is 3. The number of rotatable bonds is 10. The first kappa shape index (κ1) is 32.5. The van der Waals surface area contributed by atoms with Gasteiger partial charge in [0, 0.05) is 31.2 Å². The number of aliphatic hydroxyl groups is 1. The number of carbonyl (C=O) groups is 2. The van der Waals surface area contributed by atoms with Gasteiger partial charge in [0.05, 0.1) is 18.2 Å². The Morgan fingerprint density at radius 2 is 1.80 bits per heavy atom. The highest BCUT2D eigenvalue weighted by Gasteiger charge is 2.33. The van der Waals surface area contributed by atoms with Gasteiger partial charge in [0.1, 0.15) is 34.7 Å². The van der Waals surface area contributed by atoms with Gasteiger partial charge in [-0.25, -0.2) is 4.79 Å². The molecule has 3 amide bonds. The van der Waals surface area contributed by atoms with Crippen molar-refractivity contribution >= 4 is 23.3 Å². The molecule has 0 saturated carbocycles. The van der Waals surface area contributed by atoms with Gasteiger partial charge < -0.3 is 34.6 Å². The molecule has 242 valence electrons. The molecule has 11 nitrogen and oxygen atoms in total. The van der Waals surface area contributed by atoms with Crippen molar-refractivity contribution in [3.8, 4) is 17.2 Å². The summed E-state index contributed by atoms with van der Waals surface area (Å²) in [6.07, 6.45) is -0.257. The van der Waals surface area contributed by atoms with Gasteiger partial charge in [-0.2, -0.15) is 0 Å². The van der Waals surface area contributed by atoms with Gasteiger partial charge in [0.15, 0.2) is 5.76 Å². The second kappa shape index (κ2) is 14.5. The van der Waals surface area contributed by atoms with Crippen LogP contribution in [-0.4, -0.2) is 70.9 Å². The van der Waals surface area contributed by atoms with Crippen LogP contribution in [0.1, 0.15) is 41.2 Å². The first-order chi connectivity index (χ1) is 22.1. The van der Waals surface area contributed by atoms with E-state index >= 15 is 0 Å². The average molecular weight is 628 g/mol.